The molecule has 180 valence electrons. The Bertz CT molecular complexity index is 857. The molecule has 2 rings (SSSR count). The van der Waals surface area contributed by atoms with Crippen LogP contribution in [0.15, 0.2) is 43.1 Å². The summed E-state index contributed by atoms with van der Waals surface area (Å²) >= 11 is 0. The summed E-state index contributed by atoms with van der Waals surface area (Å²) in [4.78, 5) is 39.4. The Kier molecular flexibility index (Phi) is 9.20. The summed E-state index contributed by atoms with van der Waals surface area (Å²) in [6, 6.07) is 7.39. The van der Waals surface area contributed by atoms with Crippen molar-refractivity contribution in [3.63, 3.8) is 0 Å². The lowest BCUT2D eigenvalue weighted by Gasteiger charge is -2.34. The lowest BCUT2D eigenvalue weighted by molar-refractivity contribution is -0.145. The van der Waals surface area contributed by atoms with E-state index in [4.69, 9.17) is 5.41 Å². The van der Waals surface area contributed by atoms with Crippen molar-refractivity contribution in [3.8, 4) is 0 Å². The summed E-state index contributed by atoms with van der Waals surface area (Å²) in [7, 11) is 0. The maximum atomic E-state index is 13.2. The van der Waals surface area contributed by atoms with E-state index in [0.717, 1.165) is 37.7 Å². The molecule has 1 aliphatic carbocycles. The largest absolute Gasteiger partial charge is 0.480 e. The number of hydrogen-bond donors (Lipinski definition) is 4. The van der Waals surface area contributed by atoms with Crippen LogP contribution >= 0.6 is 0 Å². The van der Waals surface area contributed by atoms with E-state index in [0.29, 0.717) is 6.54 Å². The third kappa shape index (κ3) is 7.44. The summed E-state index contributed by atoms with van der Waals surface area (Å²) in [5, 5.41) is 23.3. The van der Waals surface area contributed by atoms with Crippen LogP contribution in [0, 0.1) is 16.7 Å². The van der Waals surface area contributed by atoms with Crippen molar-refractivity contribution < 1.29 is 19.5 Å². The number of carboxylic acids is 1. The highest BCUT2D eigenvalue weighted by molar-refractivity contribution is 6.37. The fraction of sp³-hybridized carbons (Fsp3) is 0.520. The Morgan fingerprint density at radius 1 is 1.15 bits per heavy atom. The Labute approximate surface area is 195 Å². The smallest absolute Gasteiger partial charge is 0.326 e. The molecule has 4 N–H and O–H groups in total. The summed E-state index contributed by atoms with van der Waals surface area (Å²) in [5.41, 5.74) is 0.205. The zero-order chi connectivity index (χ0) is 24.6. The standard InChI is InChI=1S/C25H36N4O4/c1-5-29(16-17-12-8-6-9-13-17)21(26)23(31)27-19(18-14-10-7-11-15-18)22(30)28-20(24(32)33)25(2,3)4/h5-6,8-9,12-13,18-20,26H,1,7,10-11,14-16H2,2-4H3,(H,27,31)(H,28,30)(H,32,33)/t19?,20-/m1/s1. The molecule has 0 radical (unpaired) electrons. The summed E-state index contributed by atoms with van der Waals surface area (Å²) in [6.45, 7) is 9.22. The normalized spacial score (nSPS) is 16.2. The summed E-state index contributed by atoms with van der Waals surface area (Å²) < 4.78 is 0. The van der Waals surface area contributed by atoms with Gasteiger partial charge in [0.15, 0.2) is 5.84 Å². The van der Waals surface area contributed by atoms with Gasteiger partial charge in [-0.1, -0.05) is 76.9 Å². The molecular weight excluding hydrogens is 420 g/mol. The first-order chi connectivity index (χ1) is 15.5. The molecule has 0 aromatic heterocycles. The van der Waals surface area contributed by atoms with Gasteiger partial charge in [-0.2, -0.15) is 0 Å². The average molecular weight is 457 g/mol. The minimum absolute atomic E-state index is 0.115. The second-order valence-electron chi connectivity index (χ2n) is 9.64. The number of benzene rings is 1. The molecule has 8 heteroatoms. The Morgan fingerprint density at radius 3 is 2.27 bits per heavy atom. The van der Waals surface area contributed by atoms with Gasteiger partial charge in [0.2, 0.25) is 5.91 Å². The quantitative estimate of drug-likeness (QED) is 0.353. The maximum Gasteiger partial charge on any atom is 0.326 e. The van der Waals surface area contributed by atoms with Gasteiger partial charge in [-0.05, 0) is 35.9 Å². The number of carbonyl (C=O) groups is 3. The van der Waals surface area contributed by atoms with E-state index < -0.39 is 35.3 Å². The molecule has 1 aromatic carbocycles. The Hall–Kier alpha value is -3.16. The van der Waals surface area contributed by atoms with Crippen molar-refractivity contribution in [2.24, 2.45) is 11.3 Å². The monoisotopic (exact) mass is 456 g/mol. The highest BCUT2D eigenvalue weighted by Gasteiger charge is 2.38. The van der Waals surface area contributed by atoms with Gasteiger partial charge in [-0.15, -0.1) is 0 Å². The molecule has 0 heterocycles. The van der Waals surface area contributed by atoms with E-state index in [-0.39, 0.29) is 11.8 Å². The summed E-state index contributed by atoms with van der Waals surface area (Å²) in [6.07, 6.45) is 5.87. The Balaban J connectivity index is 2.18. The van der Waals surface area contributed by atoms with Gasteiger partial charge in [-0.3, -0.25) is 15.0 Å². The van der Waals surface area contributed by atoms with Gasteiger partial charge in [0.1, 0.15) is 12.1 Å². The van der Waals surface area contributed by atoms with Crippen molar-refractivity contribution >= 4 is 23.6 Å². The van der Waals surface area contributed by atoms with Crippen LogP contribution < -0.4 is 10.6 Å². The minimum Gasteiger partial charge on any atom is -0.480 e. The van der Waals surface area contributed by atoms with Gasteiger partial charge in [-0.25, -0.2) is 4.79 Å². The summed E-state index contributed by atoms with van der Waals surface area (Å²) in [5.74, 6) is -2.79. The molecule has 1 saturated carbocycles. The second kappa shape index (κ2) is 11.6. The number of carbonyl (C=O) groups excluding carboxylic acids is 2. The molecule has 2 amide bonds. The number of aliphatic carboxylic acids is 1. The average Bonchev–Trinajstić information content (AvgIpc) is 2.78. The third-order valence-corrected chi connectivity index (χ3v) is 6.01. The first-order valence-electron chi connectivity index (χ1n) is 11.4. The fourth-order valence-electron chi connectivity index (χ4n) is 4.10. The number of amidine groups is 1. The molecule has 0 bridgehead atoms. The minimum atomic E-state index is -1.13. The number of carboxylic acid groups (broad SMARTS) is 1. The van der Waals surface area contributed by atoms with Crippen molar-refractivity contribution in [1.29, 1.82) is 5.41 Å². The molecule has 1 aliphatic rings. The van der Waals surface area contributed by atoms with Crippen molar-refractivity contribution in [2.45, 2.75) is 71.5 Å². The molecule has 0 spiro atoms. The van der Waals surface area contributed by atoms with Crippen LogP contribution in [0.3, 0.4) is 0 Å². The predicted molar refractivity (Wildman–Crippen MR) is 127 cm³/mol. The first kappa shape index (κ1) is 26.1. The van der Waals surface area contributed by atoms with Crippen LogP contribution in [0.2, 0.25) is 0 Å². The topological polar surface area (TPSA) is 123 Å². The predicted octanol–water partition coefficient (Wildman–Crippen LogP) is 3.29. The zero-order valence-electron chi connectivity index (χ0n) is 19.8. The third-order valence-electron chi connectivity index (χ3n) is 6.01. The van der Waals surface area contributed by atoms with Gasteiger partial charge in [0.05, 0.1) is 0 Å². The van der Waals surface area contributed by atoms with E-state index >= 15 is 0 Å². The van der Waals surface area contributed by atoms with Crippen LogP contribution in [-0.2, 0) is 20.9 Å². The molecule has 33 heavy (non-hydrogen) atoms. The lowest BCUT2D eigenvalue weighted by Crippen LogP contribution is -2.59. The Morgan fingerprint density at radius 2 is 1.76 bits per heavy atom. The van der Waals surface area contributed by atoms with Crippen LogP contribution in [0.4, 0.5) is 0 Å². The maximum absolute atomic E-state index is 13.2. The number of nitrogens with zero attached hydrogens (tertiary/aromatic N) is 1. The number of rotatable bonds is 8. The van der Waals surface area contributed by atoms with E-state index in [1.54, 1.807) is 20.8 Å². The van der Waals surface area contributed by atoms with Crippen LogP contribution in [0.5, 0.6) is 0 Å². The van der Waals surface area contributed by atoms with Gasteiger partial charge in [0, 0.05) is 6.54 Å². The second-order valence-corrected chi connectivity index (χ2v) is 9.64. The van der Waals surface area contributed by atoms with E-state index in [1.165, 1.54) is 11.1 Å². The van der Waals surface area contributed by atoms with E-state index in [9.17, 15) is 19.5 Å². The molecular formula is C25H36N4O4. The van der Waals surface area contributed by atoms with Crippen LogP contribution in [0.1, 0.15) is 58.4 Å². The van der Waals surface area contributed by atoms with Gasteiger partial charge < -0.3 is 20.6 Å². The van der Waals surface area contributed by atoms with Crippen LogP contribution in [-0.4, -0.2) is 45.7 Å². The zero-order valence-corrected chi connectivity index (χ0v) is 19.8. The molecule has 0 saturated heterocycles. The highest BCUT2D eigenvalue weighted by atomic mass is 16.4. The number of amides is 2. The van der Waals surface area contributed by atoms with Crippen molar-refractivity contribution in [1.82, 2.24) is 15.5 Å². The van der Waals surface area contributed by atoms with Crippen LogP contribution in [0.25, 0.3) is 0 Å². The first-order valence-corrected chi connectivity index (χ1v) is 11.4. The van der Waals surface area contributed by atoms with E-state index in [1.807, 2.05) is 30.3 Å². The molecule has 1 aromatic rings. The van der Waals surface area contributed by atoms with Crippen molar-refractivity contribution in [2.75, 3.05) is 0 Å². The molecule has 1 fully saturated rings. The molecule has 0 aliphatic heterocycles. The molecule has 2 atom stereocenters. The molecule has 1 unspecified atom stereocenters. The fourth-order valence-corrected chi connectivity index (χ4v) is 4.10. The SMILES string of the molecule is C=CN(Cc1ccccc1)C(=N)C(=O)NC(C(=O)N[C@H](C(=O)O)C(C)(C)C)C1CCCCC1. The van der Waals surface area contributed by atoms with Gasteiger partial charge >= 0.3 is 5.97 Å². The number of hydrogen-bond acceptors (Lipinski definition) is 4. The van der Waals surface area contributed by atoms with E-state index in [2.05, 4.69) is 17.2 Å². The lowest BCUT2D eigenvalue weighted by atomic mass is 9.82. The highest BCUT2D eigenvalue weighted by Crippen LogP contribution is 2.27. The number of nitrogens with one attached hydrogen (secondary N) is 3. The van der Waals surface area contributed by atoms with Crippen molar-refractivity contribution in [3.05, 3.63) is 48.7 Å². The molecule has 8 nitrogen and oxygen atoms in total. The van der Waals surface area contributed by atoms with Gasteiger partial charge in [0.25, 0.3) is 5.91 Å².